The number of aromatic nitrogens is 1. The average molecular weight is 430 g/mol. The molecule has 1 atom stereocenters. The quantitative estimate of drug-likeness (QED) is 0.397. The Hall–Kier alpha value is -2.16. The smallest absolute Gasteiger partial charge is 0.191 e. The maximum Gasteiger partial charge on any atom is 0.191 e. The normalized spacial score (nSPS) is 15.8. The Bertz CT molecular complexity index is 928. The maximum atomic E-state index is 10.5. The highest BCUT2D eigenvalue weighted by Gasteiger charge is 2.16. The molecule has 3 aromatic rings. The van der Waals surface area contributed by atoms with Crippen molar-refractivity contribution in [3.63, 3.8) is 0 Å². The second-order valence-corrected chi connectivity index (χ2v) is 9.10. The van der Waals surface area contributed by atoms with E-state index in [9.17, 15) is 5.11 Å². The van der Waals surface area contributed by atoms with Crippen LogP contribution in [0.25, 0.3) is 10.1 Å². The highest BCUT2D eigenvalue weighted by atomic mass is 32.1. The van der Waals surface area contributed by atoms with Crippen molar-refractivity contribution in [2.75, 3.05) is 38.1 Å². The predicted molar refractivity (Wildman–Crippen MR) is 123 cm³/mol. The minimum absolute atomic E-state index is 0.419. The molecule has 1 saturated heterocycles. The summed E-state index contributed by atoms with van der Waals surface area (Å²) in [6.45, 7) is 3.43. The standard InChI is InChI=1S/C21H27N5OS2/c1-22-20(23-9-8-16-14-28-21(25-16)26-10-4-5-11-26)24-13-17(27)19-12-15-6-2-3-7-18(15)29-19/h2-3,6-7,12,14,17,27H,4-5,8-11,13H2,1H3,(H2,22,23,24). The molecule has 4 rings (SSSR count). The number of guanidine groups is 1. The number of aliphatic hydroxyl groups is 1. The molecule has 2 aromatic heterocycles. The Morgan fingerprint density at radius 3 is 2.90 bits per heavy atom. The zero-order chi connectivity index (χ0) is 20.1. The lowest BCUT2D eigenvalue weighted by molar-refractivity contribution is 0.184. The lowest BCUT2D eigenvalue weighted by atomic mass is 10.2. The number of benzene rings is 1. The van der Waals surface area contributed by atoms with Crippen LogP contribution in [-0.4, -0.2) is 49.3 Å². The first kappa shape index (κ1) is 20.1. The molecular weight excluding hydrogens is 402 g/mol. The van der Waals surface area contributed by atoms with Crippen LogP contribution in [-0.2, 0) is 6.42 Å². The van der Waals surface area contributed by atoms with Gasteiger partial charge in [-0.3, -0.25) is 4.99 Å². The summed E-state index contributed by atoms with van der Waals surface area (Å²) >= 11 is 3.37. The van der Waals surface area contributed by atoms with Gasteiger partial charge in [0.15, 0.2) is 11.1 Å². The molecule has 0 aliphatic carbocycles. The van der Waals surface area contributed by atoms with Gasteiger partial charge in [-0.2, -0.15) is 0 Å². The largest absolute Gasteiger partial charge is 0.386 e. The lowest BCUT2D eigenvalue weighted by Crippen LogP contribution is -2.40. The van der Waals surface area contributed by atoms with Gasteiger partial charge in [0.2, 0.25) is 0 Å². The molecule has 0 saturated carbocycles. The zero-order valence-corrected chi connectivity index (χ0v) is 18.2. The van der Waals surface area contributed by atoms with Crippen molar-refractivity contribution in [1.82, 2.24) is 15.6 Å². The summed E-state index contributed by atoms with van der Waals surface area (Å²) in [5.74, 6) is 0.695. The number of nitrogens with zero attached hydrogens (tertiary/aromatic N) is 3. The van der Waals surface area contributed by atoms with Crippen molar-refractivity contribution < 1.29 is 5.11 Å². The van der Waals surface area contributed by atoms with Crippen molar-refractivity contribution in [3.05, 3.63) is 46.3 Å². The third-order valence-electron chi connectivity index (χ3n) is 5.05. The van der Waals surface area contributed by atoms with Crippen LogP contribution in [0.1, 0.15) is 29.5 Å². The minimum Gasteiger partial charge on any atom is -0.386 e. The van der Waals surface area contributed by atoms with E-state index in [1.807, 2.05) is 12.1 Å². The highest BCUT2D eigenvalue weighted by molar-refractivity contribution is 7.19. The summed E-state index contributed by atoms with van der Waals surface area (Å²) in [5.41, 5.74) is 1.12. The number of hydrogen-bond donors (Lipinski definition) is 3. The van der Waals surface area contributed by atoms with Gasteiger partial charge in [-0.15, -0.1) is 22.7 Å². The Labute approximate surface area is 179 Å². The van der Waals surface area contributed by atoms with Gasteiger partial charge in [0.05, 0.1) is 5.69 Å². The molecular formula is C21H27N5OS2. The van der Waals surface area contributed by atoms with E-state index in [0.29, 0.717) is 12.5 Å². The van der Waals surface area contributed by atoms with E-state index >= 15 is 0 Å². The van der Waals surface area contributed by atoms with Crippen LogP contribution >= 0.6 is 22.7 Å². The SMILES string of the molecule is CN=C(NCCc1csc(N2CCCC2)n1)NCC(O)c1cc2ccccc2s1. The van der Waals surface area contributed by atoms with Crippen LogP contribution in [0, 0.1) is 0 Å². The maximum absolute atomic E-state index is 10.5. The van der Waals surface area contributed by atoms with Gasteiger partial charge in [-0.25, -0.2) is 4.98 Å². The monoisotopic (exact) mass is 429 g/mol. The van der Waals surface area contributed by atoms with Crippen molar-refractivity contribution >= 4 is 43.9 Å². The third-order valence-corrected chi connectivity index (χ3v) is 7.22. The minimum atomic E-state index is -0.562. The van der Waals surface area contributed by atoms with E-state index in [-0.39, 0.29) is 0 Å². The number of hydrogen-bond acceptors (Lipinski definition) is 6. The van der Waals surface area contributed by atoms with Crippen molar-refractivity contribution in [2.45, 2.75) is 25.4 Å². The first-order valence-corrected chi connectivity index (χ1v) is 11.7. The topological polar surface area (TPSA) is 72.8 Å². The van der Waals surface area contributed by atoms with Gasteiger partial charge in [0.25, 0.3) is 0 Å². The Morgan fingerprint density at radius 1 is 1.28 bits per heavy atom. The molecule has 1 aliphatic heterocycles. The number of thiazole rings is 1. The first-order chi connectivity index (χ1) is 14.2. The number of rotatable bonds is 7. The van der Waals surface area contributed by atoms with E-state index in [2.05, 4.69) is 44.1 Å². The number of anilines is 1. The molecule has 0 bridgehead atoms. The van der Waals surface area contributed by atoms with Crippen molar-refractivity contribution in [1.29, 1.82) is 0 Å². The molecule has 0 spiro atoms. The molecule has 1 unspecified atom stereocenters. The molecule has 1 fully saturated rings. The van der Waals surface area contributed by atoms with Crippen molar-refractivity contribution in [2.24, 2.45) is 4.99 Å². The summed E-state index contributed by atoms with van der Waals surface area (Å²) in [7, 11) is 1.75. The molecule has 0 radical (unpaired) electrons. The van der Waals surface area contributed by atoms with E-state index < -0.39 is 6.10 Å². The number of nitrogens with one attached hydrogen (secondary N) is 2. The molecule has 6 nitrogen and oxygen atoms in total. The van der Waals surface area contributed by atoms with Gasteiger partial charge < -0.3 is 20.6 Å². The van der Waals surface area contributed by atoms with E-state index in [1.54, 1.807) is 29.7 Å². The number of thiophene rings is 1. The highest BCUT2D eigenvalue weighted by Crippen LogP contribution is 2.29. The lowest BCUT2D eigenvalue weighted by Gasteiger charge is -2.14. The molecule has 1 aromatic carbocycles. The van der Waals surface area contributed by atoms with Crippen LogP contribution < -0.4 is 15.5 Å². The number of fused-ring (bicyclic) bond motifs is 1. The second-order valence-electron chi connectivity index (χ2n) is 7.15. The fourth-order valence-electron chi connectivity index (χ4n) is 3.45. The Balaban J connectivity index is 1.23. The summed E-state index contributed by atoms with van der Waals surface area (Å²) in [6.07, 6.45) is 2.83. The summed E-state index contributed by atoms with van der Waals surface area (Å²) in [4.78, 5) is 12.3. The Kier molecular flexibility index (Phi) is 6.63. The molecule has 0 amide bonds. The first-order valence-electron chi connectivity index (χ1n) is 10.0. The molecule has 29 heavy (non-hydrogen) atoms. The average Bonchev–Trinajstić information content (AvgIpc) is 3.49. The van der Waals surface area contributed by atoms with E-state index in [0.717, 1.165) is 41.8 Å². The van der Waals surface area contributed by atoms with Gasteiger partial charge in [0, 0.05) is 54.6 Å². The summed E-state index contributed by atoms with van der Waals surface area (Å²) in [6, 6.07) is 10.3. The van der Waals surface area contributed by atoms with Gasteiger partial charge in [-0.05, 0) is 30.4 Å². The molecule has 1 aliphatic rings. The van der Waals surface area contributed by atoms with E-state index in [1.165, 1.54) is 22.9 Å². The second kappa shape index (κ2) is 9.56. The van der Waals surface area contributed by atoms with Crippen LogP contribution in [0.3, 0.4) is 0 Å². The van der Waals surface area contributed by atoms with Crippen molar-refractivity contribution in [3.8, 4) is 0 Å². The summed E-state index contributed by atoms with van der Waals surface area (Å²) in [5, 5.41) is 21.5. The number of aliphatic hydroxyl groups excluding tert-OH is 1. The van der Waals surface area contributed by atoms with Crippen LogP contribution in [0.15, 0.2) is 40.7 Å². The van der Waals surface area contributed by atoms with Gasteiger partial charge in [-0.1, -0.05) is 18.2 Å². The van der Waals surface area contributed by atoms with Crippen LogP contribution in [0.5, 0.6) is 0 Å². The zero-order valence-electron chi connectivity index (χ0n) is 16.6. The van der Waals surface area contributed by atoms with Crippen LogP contribution in [0.4, 0.5) is 5.13 Å². The Morgan fingerprint density at radius 2 is 2.10 bits per heavy atom. The molecule has 154 valence electrons. The number of aliphatic imine (C=N–C) groups is 1. The summed E-state index contributed by atoms with van der Waals surface area (Å²) < 4.78 is 1.20. The van der Waals surface area contributed by atoms with Gasteiger partial charge >= 0.3 is 0 Å². The fourth-order valence-corrected chi connectivity index (χ4v) is 5.42. The molecule has 3 N–H and O–H groups in total. The predicted octanol–water partition coefficient (Wildman–Crippen LogP) is 3.40. The van der Waals surface area contributed by atoms with Crippen LogP contribution in [0.2, 0.25) is 0 Å². The third kappa shape index (κ3) is 5.07. The fraction of sp³-hybridized carbons (Fsp3) is 0.429. The van der Waals surface area contributed by atoms with Gasteiger partial charge in [0.1, 0.15) is 6.10 Å². The molecule has 3 heterocycles. The van der Waals surface area contributed by atoms with E-state index in [4.69, 9.17) is 4.98 Å². The molecule has 8 heteroatoms.